The molecule has 0 N–H and O–H groups in total. The van der Waals surface area contributed by atoms with Crippen LogP contribution in [0.2, 0.25) is 0 Å². The van der Waals surface area contributed by atoms with E-state index in [0.717, 1.165) is 12.1 Å². The number of hydrogen-bond donors (Lipinski definition) is 0. The largest absolute Gasteiger partial charge is 0.416 e. The number of hydrogen-bond acceptors (Lipinski definition) is 4. The van der Waals surface area contributed by atoms with E-state index in [1.165, 1.54) is 12.1 Å². The molecule has 1 aromatic rings. The van der Waals surface area contributed by atoms with Crippen LogP contribution in [0.15, 0.2) is 36.4 Å². The first kappa shape index (κ1) is 19.7. The number of alkyl halides is 3. The van der Waals surface area contributed by atoms with Crippen LogP contribution < -0.4 is 4.90 Å². The second-order valence-corrected chi connectivity index (χ2v) is 8.08. The molecule has 1 aliphatic heterocycles. The molecule has 29 heavy (non-hydrogen) atoms. The Hall–Kier alpha value is -2.64. The molecule has 2 aliphatic carbocycles. The highest BCUT2D eigenvalue weighted by Crippen LogP contribution is 2.51. The van der Waals surface area contributed by atoms with Gasteiger partial charge in [0.15, 0.2) is 5.78 Å². The molecular weight excluding hydrogens is 385 g/mol. The van der Waals surface area contributed by atoms with Crippen LogP contribution in [0.25, 0.3) is 0 Å². The van der Waals surface area contributed by atoms with Crippen molar-refractivity contribution in [3.05, 3.63) is 42.0 Å². The monoisotopic (exact) mass is 406 g/mol. The number of rotatable bonds is 2. The Bertz CT molecular complexity index is 885. The minimum absolute atomic E-state index is 0.0562. The molecule has 0 aromatic heterocycles. The summed E-state index contributed by atoms with van der Waals surface area (Å²) >= 11 is 0. The van der Waals surface area contributed by atoms with Crippen LogP contribution in [0.3, 0.4) is 0 Å². The Kier molecular flexibility index (Phi) is 4.55. The van der Waals surface area contributed by atoms with Crippen molar-refractivity contribution in [1.82, 2.24) is 4.90 Å². The third-order valence-electron chi connectivity index (χ3n) is 6.32. The zero-order valence-electron chi connectivity index (χ0n) is 15.8. The van der Waals surface area contributed by atoms with E-state index in [1.54, 1.807) is 4.90 Å². The minimum atomic E-state index is -4.38. The maximum Gasteiger partial charge on any atom is 0.416 e. The smallest absolute Gasteiger partial charge is 0.368 e. The zero-order valence-corrected chi connectivity index (χ0v) is 15.8. The van der Waals surface area contributed by atoms with E-state index >= 15 is 0 Å². The van der Waals surface area contributed by atoms with Gasteiger partial charge in [0.2, 0.25) is 5.91 Å². The number of carbonyl (C=O) groups is 3. The van der Waals surface area contributed by atoms with Gasteiger partial charge < -0.3 is 9.80 Å². The van der Waals surface area contributed by atoms with E-state index in [4.69, 9.17) is 0 Å². The maximum atomic E-state index is 13.2. The molecule has 154 valence electrons. The summed E-state index contributed by atoms with van der Waals surface area (Å²) in [6, 6.07) is 4.94. The summed E-state index contributed by atoms with van der Waals surface area (Å²) in [5, 5.41) is 0. The second kappa shape index (κ2) is 6.71. The standard InChI is InChI=1S/C21H21F3N2O3/c1-13-14-10-17(27)12-20(11-14,18(13)28)19(29)26-8-6-25(7-9-26)16-4-2-15(3-5-16)21(22,23)24/h2-5,14H,1,6-12H2. The Balaban J connectivity index is 1.44. The second-order valence-electron chi connectivity index (χ2n) is 8.08. The van der Waals surface area contributed by atoms with E-state index < -0.39 is 17.2 Å². The lowest BCUT2D eigenvalue weighted by atomic mass is 9.73. The van der Waals surface area contributed by atoms with Gasteiger partial charge in [0, 0.05) is 44.7 Å². The third-order valence-corrected chi connectivity index (χ3v) is 6.32. The Morgan fingerprint density at radius 3 is 2.28 bits per heavy atom. The number of nitrogens with zero attached hydrogens (tertiary/aromatic N) is 2. The van der Waals surface area contributed by atoms with Crippen LogP contribution >= 0.6 is 0 Å². The number of amides is 1. The van der Waals surface area contributed by atoms with Crippen LogP contribution in [-0.2, 0) is 20.6 Å². The van der Waals surface area contributed by atoms with Gasteiger partial charge in [-0.25, -0.2) is 0 Å². The van der Waals surface area contributed by atoms with Crippen molar-refractivity contribution >= 4 is 23.2 Å². The van der Waals surface area contributed by atoms with Gasteiger partial charge in [0.25, 0.3) is 0 Å². The lowest BCUT2D eigenvalue weighted by Crippen LogP contribution is -2.55. The molecular formula is C21H21F3N2O3. The van der Waals surface area contributed by atoms with Gasteiger partial charge in [-0.05, 0) is 42.2 Å². The SMILES string of the molecule is C=C1C(=O)C2(C(=O)N3CCN(c4ccc(C(F)(F)F)cc4)CC3)CC(=O)CC1C2. The Morgan fingerprint density at radius 1 is 1.07 bits per heavy atom. The summed E-state index contributed by atoms with van der Waals surface area (Å²) in [4.78, 5) is 41.5. The van der Waals surface area contributed by atoms with Crippen molar-refractivity contribution in [2.45, 2.75) is 25.4 Å². The number of carbonyl (C=O) groups excluding carboxylic acids is 3. The van der Waals surface area contributed by atoms with Gasteiger partial charge in [-0.2, -0.15) is 13.2 Å². The number of benzene rings is 1. The molecule has 5 nitrogen and oxygen atoms in total. The van der Waals surface area contributed by atoms with Crippen molar-refractivity contribution < 1.29 is 27.6 Å². The molecule has 4 rings (SSSR count). The summed E-state index contributed by atoms with van der Waals surface area (Å²) in [6.07, 6.45) is -3.80. The van der Waals surface area contributed by atoms with Gasteiger partial charge in [0.05, 0.1) is 5.56 Å². The highest BCUT2D eigenvalue weighted by molar-refractivity contribution is 6.19. The average Bonchev–Trinajstić information content (AvgIpc) is 2.88. The first-order valence-electron chi connectivity index (χ1n) is 9.59. The quantitative estimate of drug-likeness (QED) is 0.560. The van der Waals surface area contributed by atoms with Gasteiger partial charge in [0.1, 0.15) is 11.2 Å². The maximum absolute atomic E-state index is 13.2. The molecule has 0 radical (unpaired) electrons. The number of halogens is 3. The molecule has 0 spiro atoms. The van der Waals surface area contributed by atoms with Crippen molar-refractivity contribution in [3.8, 4) is 0 Å². The molecule has 3 aliphatic rings. The minimum Gasteiger partial charge on any atom is -0.368 e. The van der Waals surface area contributed by atoms with E-state index in [-0.39, 0.29) is 36.2 Å². The number of fused-ring (bicyclic) bond motifs is 2. The highest BCUT2D eigenvalue weighted by Gasteiger charge is 2.59. The number of piperazine rings is 1. The van der Waals surface area contributed by atoms with E-state index in [1.807, 2.05) is 4.90 Å². The first-order chi connectivity index (χ1) is 13.6. The van der Waals surface area contributed by atoms with Crippen molar-refractivity contribution in [2.24, 2.45) is 11.3 Å². The Labute approximate surface area is 166 Å². The summed E-state index contributed by atoms with van der Waals surface area (Å²) in [5.41, 5.74) is -0.965. The molecule has 1 heterocycles. The molecule has 8 heteroatoms. The van der Waals surface area contributed by atoms with Crippen LogP contribution in [0.1, 0.15) is 24.8 Å². The van der Waals surface area contributed by atoms with Gasteiger partial charge in [-0.15, -0.1) is 0 Å². The zero-order chi connectivity index (χ0) is 21.0. The summed E-state index contributed by atoms with van der Waals surface area (Å²) in [6.45, 7) is 5.38. The van der Waals surface area contributed by atoms with E-state index in [2.05, 4.69) is 6.58 Å². The number of ketones is 2. The predicted molar refractivity (Wildman–Crippen MR) is 99.2 cm³/mol. The topological polar surface area (TPSA) is 57.7 Å². The summed E-state index contributed by atoms with van der Waals surface area (Å²) in [7, 11) is 0. The van der Waals surface area contributed by atoms with Gasteiger partial charge in [-0.3, -0.25) is 14.4 Å². The fourth-order valence-corrected chi connectivity index (χ4v) is 4.75. The van der Waals surface area contributed by atoms with Crippen molar-refractivity contribution in [2.75, 3.05) is 31.1 Å². The summed E-state index contributed by atoms with van der Waals surface area (Å²) < 4.78 is 38.2. The van der Waals surface area contributed by atoms with Gasteiger partial charge >= 0.3 is 6.18 Å². The normalized spacial score (nSPS) is 27.6. The Morgan fingerprint density at radius 2 is 1.69 bits per heavy atom. The lowest BCUT2D eigenvalue weighted by molar-refractivity contribution is -0.151. The average molecular weight is 406 g/mol. The van der Waals surface area contributed by atoms with E-state index in [0.29, 0.717) is 43.9 Å². The van der Waals surface area contributed by atoms with E-state index in [9.17, 15) is 27.6 Å². The predicted octanol–water partition coefficient (Wildman–Crippen LogP) is 2.85. The fourth-order valence-electron chi connectivity index (χ4n) is 4.75. The van der Waals surface area contributed by atoms with Crippen LogP contribution in [-0.4, -0.2) is 48.6 Å². The number of allylic oxidation sites excluding steroid dienone is 1. The molecule has 1 saturated heterocycles. The molecule has 2 unspecified atom stereocenters. The van der Waals surface area contributed by atoms with Crippen LogP contribution in [0, 0.1) is 11.3 Å². The molecule has 1 amide bonds. The molecule has 1 aromatic carbocycles. The third kappa shape index (κ3) is 3.24. The van der Waals surface area contributed by atoms with Crippen molar-refractivity contribution in [1.29, 1.82) is 0 Å². The molecule has 2 bridgehead atoms. The van der Waals surface area contributed by atoms with Crippen molar-refractivity contribution in [3.63, 3.8) is 0 Å². The highest BCUT2D eigenvalue weighted by atomic mass is 19.4. The first-order valence-corrected chi connectivity index (χ1v) is 9.59. The lowest BCUT2D eigenvalue weighted by Gasteiger charge is -2.40. The fraction of sp³-hybridized carbons (Fsp3) is 0.476. The van der Waals surface area contributed by atoms with Gasteiger partial charge in [-0.1, -0.05) is 6.58 Å². The number of anilines is 1. The number of Topliss-reactive ketones (excluding diaryl/α,β-unsaturated/α-hetero) is 2. The molecule has 2 atom stereocenters. The summed E-state index contributed by atoms with van der Waals surface area (Å²) in [5.74, 6) is -0.930. The van der Waals surface area contributed by atoms with Crippen LogP contribution in [0.4, 0.5) is 18.9 Å². The van der Waals surface area contributed by atoms with Crippen LogP contribution in [0.5, 0.6) is 0 Å². The molecule has 2 saturated carbocycles. The molecule has 3 fully saturated rings.